The van der Waals surface area contributed by atoms with Crippen LogP contribution in [-0.2, 0) is 4.79 Å². The van der Waals surface area contributed by atoms with E-state index in [0.717, 1.165) is 5.69 Å². The minimum Gasteiger partial charge on any atom is -0.326 e. The first kappa shape index (κ1) is 17.8. The molecule has 2 heterocycles. The van der Waals surface area contributed by atoms with Crippen LogP contribution in [0.25, 0.3) is 11.0 Å². The van der Waals surface area contributed by atoms with Crippen LogP contribution >= 0.6 is 0 Å². The van der Waals surface area contributed by atoms with Gasteiger partial charge in [0, 0.05) is 30.4 Å². The number of anilines is 2. The van der Waals surface area contributed by atoms with Gasteiger partial charge in [0.2, 0.25) is 5.91 Å². The lowest BCUT2D eigenvalue weighted by Crippen LogP contribution is -2.43. The SMILES string of the molecule is O=C(Nc1ccc2[nH]c(=O)[nH]c2c1)C1CCN(C(=O)Nc2ccccc2)CC1. The van der Waals surface area contributed by atoms with Crippen LogP contribution in [-0.4, -0.2) is 39.9 Å². The highest BCUT2D eigenvalue weighted by Crippen LogP contribution is 2.21. The van der Waals surface area contributed by atoms with Crippen LogP contribution in [0.4, 0.5) is 16.2 Å². The smallest absolute Gasteiger partial charge is 0.323 e. The normalized spacial score (nSPS) is 14.8. The predicted octanol–water partition coefficient (Wildman–Crippen LogP) is 2.74. The summed E-state index contributed by atoms with van der Waals surface area (Å²) >= 11 is 0. The molecule has 4 rings (SSSR count). The first-order valence-corrected chi connectivity index (χ1v) is 9.22. The zero-order valence-electron chi connectivity index (χ0n) is 15.2. The number of carbonyl (C=O) groups is 2. The van der Waals surface area contributed by atoms with E-state index in [9.17, 15) is 14.4 Å². The third-order valence-electron chi connectivity index (χ3n) is 4.96. The summed E-state index contributed by atoms with van der Waals surface area (Å²) in [5.41, 5.74) is 2.46. The minimum absolute atomic E-state index is 0.0691. The number of nitrogens with one attached hydrogen (secondary N) is 4. The number of aromatic nitrogens is 2. The van der Waals surface area contributed by atoms with Crippen molar-refractivity contribution in [3.63, 3.8) is 0 Å². The molecule has 0 unspecified atom stereocenters. The number of piperidine rings is 1. The number of benzene rings is 2. The Morgan fingerprint density at radius 3 is 2.36 bits per heavy atom. The van der Waals surface area contributed by atoms with Gasteiger partial charge in [-0.05, 0) is 43.2 Å². The van der Waals surface area contributed by atoms with Crippen LogP contribution in [0, 0.1) is 5.92 Å². The molecule has 28 heavy (non-hydrogen) atoms. The van der Waals surface area contributed by atoms with Crippen molar-refractivity contribution in [2.75, 3.05) is 23.7 Å². The van der Waals surface area contributed by atoms with Gasteiger partial charge in [0.05, 0.1) is 11.0 Å². The molecular formula is C20H21N5O3. The summed E-state index contributed by atoms with van der Waals surface area (Å²) in [4.78, 5) is 43.3. The zero-order valence-corrected chi connectivity index (χ0v) is 15.2. The van der Waals surface area contributed by atoms with Gasteiger partial charge in [0.1, 0.15) is 0 Å². The summed E-state index contributed by atoms with van der Waals surface area (Å²) in [6, 6.07) is 14.4. The van der Waals surface area contributed by atoms with Gasteiger partial charge in [-0.2, -0.15) is 0 Å². The Morgan fingerprint density at radius 2 is 1.61 bits per heavy atom. The van der Waals surface area contributed by atoms with Gasteiger partial charge in [0.25, 0.3) is 0 Å². The second-order valence-electron chi connectivity index (χ2n) is 6.89. The molecule has 2 aromatic carbocycles. The van der Waals surface area contributed by atoms with Gasteiger partial charge in [-0.1, -0.05) is 18.2 Å². The van der Waals surface area contributed by atoms with E-state index < -0.39 is 0 Å². The summed E-state index contributed by atoms with van der Waals surface area (Å²) in [6.07, 6.45) is 1.22. The maximum absolute atomic E-state index is 12.6. The van der Waals surface area contributed by atoms with E-state index in [1.807, 2.05) is 30.3 Å². The highest BCUT2D eigenvalue weighted by molar-refractivity contribution is 5.95. The molecule has 1 saturated heterocycles. The number of carbonyl (C=O) groups excluding carboxylic acids is 2. The summed E-state index contributed by atoms with van der Waals surface area (Å²) in [7, 11) is 0. The molecule has 0 spiro atoms. The van der Waals surface area contributed by atoms with Crippen molar-refractivity contribution >= 4 is 34.3 Å². The number of rotatable bonds is 3. The van der Waals surface area contributed by atoms with E-state index in [2.05, 4.69) is 20.6 Å². The number of H-pyrrole nitrogens is 2. The third kappa shape index (κ3) is 3.90. The summed E-state index contributed by atoms with van der Waals surface area (Å²) in [6.45, 7) is 1.06. The number of hydrogen-bond acceptors (Lipinski definition) is 3. The number of aromatic amines is 2. The lowest BCUT2D eigenvalue weighted by atomic mass is 9.96. The summed E-state index contributed by atoms with van der Waals surface area (Å²) in [5.74, 6) is -0.220. The van der Waals surface area contributed by atoms with Crippen LogP contribution in [0.3, 0.4) is 0 Å². The molecule has 0 radical (unpaired) electrons. The van der Waals surface area contributed by atoms with Crippen LogP contribution in [0.5, 0.6) is 0 Å². The highest BCUT2D eigenvalue weighted by atomic mass is 16.2. The third-order valence-corrected chi connectivity index (χ3v) is 4.96. The average molecular weight is 379 g/mol. The van der Waals surface area contributed by atoms with E-state index in [1.54, 1.807) is 23.1 Å². The number of para-hydroxylation sites is 1. The van der Waals surface area contributed by atoms with E-state index in [0.29, 0.717) is 42.7 Å². The fourth-order valence-corrected chi connectivity index (χ4v) is 3.42. The largest absolute Gasteiger partial charge is 0.326 e. The number of amides is 3. The van der Waals surface area contributed by atoms with Crippen LogP contribution < -0.4 is 16.3 Å². The van der Waals surface area contributed by atoms with Gasteiger partial charge in [-0.25, -0.2) is 9.59 Å². The Kier molecular flexibility index (Phi) is 4.84. The molecule has 144 valence electrons. The quantitative estimate of drug-likeness (QED) is 0.561. The number of nitrogens with zero attached hydrogens (tertiary/aromatic N) is 1. The second kappa shape index (κ2) is 7.59. The molecule has 8 heteroatoms. The molecule has 0 aliphatic carbocycles. The van der Waals surface area contributed by atoms with Crippen molar-refractivity contribution in [1.29, 1.82) is 0 Å². The molecule has 4 N–H and O–H groups in total. The number of likely N-dealkylation sites (tertiary alicyclic amines) is 1. The molecule has 1 aromatic heterocycles. The molecule has 1 fully saturated rings. The van der Waals surface area contributed by atoms with E-state index in [1.165, 1.54) is 0 Å². The average Bonchev–Trinajstić information content (AvgIpc) is 3.08. The molecular weight excluding hydrogens is 358 g/mol. The highest BCUT2D eigenvalue weighted by Gasteiger charge is 2.27. The fraction of sp³-hybridized carbons (Fsp3) is 0.250. The van der Waals surface area contributed by atoms with Crippen molar-refractivity contribution in [3.8, 4) is 0 Å². The van der Waals surface area contributed by atoms with Crippen molar-refractivity contribution in [3.05, 3.63) is 59.0 Å². The van der Waals surface area contributed by atoms with Crippen molar-refractivity contribution in [1.82, 2.24) is 14.9 Å². The Morgan fingerprint density at radius 1 is 0.893 bits per heavy atom. The van der Waals surface area contributed by atoms with Gasteiger partial charge >= 0.3 is 11.7 Å². The van der Waals surface area contributed by atoms with Crippen LogP contribution in [0.1, 0.15) is 12.8 Å². The van der Waals surface area contributed by atoms with Gasteiger partial charge in [0.15, 0.2) is 0 Å². The molecule has 3 amide bonds. The molecule has 8 nitrogen and oxygen atoms in total. The standard InChI is InChI=1S/C20H21N5O3/c26-18(21-15-6-7-16-17(12-15)24-19(27)23-16)13-8-10-25(11-9-13)20(28)22-14-4-2-1-3-5-14/h1-7,12-13H,8-11H2,(H,21,26)(H,22,28)(H2,23,24,27). The Balaban J connectivity index is 1.31. The Hall–Kier alpha value is -3.55. The lowest BCUT2D eigenvalue weighted by molar-refractivity contribution is -0.121. The topological polar surface area (TPSA) is 110 Å². The summed E-state index contributed by atoms with van der Waals surface area (Å²) < 4.78 is 0. The summed E-state index contributed by atoms with van der Waals surface area (Å²) in [5, 5.41) is 5.77. The molecule has 1 aliphatic heterocycles. The molecule has 1 aliphatic rings. The van der Waals surface area contributed by atoms with Crippen LogP contribution in [0.2, 0.25) is 0 Å². The number of hydrogen-bond donors (Lipinski definition) is 4. The maximum atomic E-state index is 12.6. The van der Waals surface area contributed by atoms with Crippen molar-refractivity contribution < 1.29 is 9.59 Å². The van der Waals surface area contributed by atoms with E-state index >= 15 is 0 Å². The van der Waals surface area contributed by atoms with E-state index in [4.69, 9.17) is 0 Å². The minimum atomic E-state index is -0.278. The monoisotopic (exact) mass is 379 g/mol. The van der Waals surface area contributed by atoms with Gasteiger partial charge in [-0.15, -0.1) is 0 Å². The van der Waals surface area contributed by atoms with Crippen LogP contribution in [0.15, 0.2) is 53.3 Å². The number of fused-ring (bicyclic) bond motifs is 1. The first-order valence-electron chi connectivity index (χ1n) is 9.22. The molecule has 0 bridgehead atoms. The maximum Gasteiger partial charge on any atom is 0.323 e. The Bertz CT molecular complexity index is 1050. The molecule has 0 atom stereocenters. The van der Waals surface area contributed by atoms with Gasteiger partial charge in [-0.3, -0.25) is 4.79 Å². The van der Waals surface area contributed by atoms with Crippen molar-refractivity contribution in [2.45, 2.75) is 12.8 Å². The molecule has 3 aromatic rings. The Labute approximate surface area is 160 Å². The fourth-order valence-electron chi connectivity index (χ4n) is 3.42. The van der Waals surface area contributed by atoms with E-state index in [-0.39, 0.29) is 23.5 Å². The number of urea groups is 1. The predicted molar refractivity (Wildman–Crippen MR) is 107 cm³/mol. The first-order chi connectivity index (χ1) is 13.6. The number of imidazole rings is 1. The lowest BCUT2D eigenvalue weighted by Gasteiger charge is -2.31. The van der Waals surface area contributed by atoms with Crippen molar-refractivity contribution in [2.24, 2.45) is 5.92 Å². The van der Waals surface area contributed by atoms with Gasteiger partial charge < -0.3 is 25.5 Å². The zero-order chi connectivity index (χ0) is 19.5. The second-order valence-corrected chi connectivity index (χ2v) is 6.89. The molecule has 0 saturated carbocycles.